The number of likely N-dealkylation sites (tertiary alicyclic amines) is 2. The van der Waals surface area contributed by atoms with E-state index in [0.29, 0.717) is 13.1 Å². The second-order valence-corrected chi connectivity index (χ2v) is 10.7. The number of rotatable bonds is 6. The Kier molecular flexibility index (Phi) is 5.24. The molecule has 1 spiro atoms. The van der Waals surface area contributed by atoms with E-state index in [4.69, 9.17) is 11.5 Å². The molecule has 4 fully saturated rings. The number of urea groups is 1. The number of carbonyl (C=O) groups excluding carboxylic acids is 1. The second kappa shape index (κ2) is 8.18. The van der Waals surface area contributed by atoms with Gasteiger partial charge in [-0.25, -0.2) is 9.59 Å². The van der Waals surface area contributed by atoms with Gasteiger partial charge in [0, 0.05) is 50.4 Å². The normalized spacial score (nSPS) is 28.8. The lowest BCUT2D eigenvalue weighted by Gasteiger charge is -2.59. The van der Waals surface area contributed by atoms with E-state index in [-0.39, 0.29) is 23.3 Å². The van der Waals surface area contributed by atoms with Crippen molar-refractivity contribution in [1.29, 1.82) is 0 Å². The van der Waals surface area contributed by atoms with Crippen molar-refractivity contribution >= 4 is 11.8 Å². The fourth-order valence-corrected chi connectivity index (χ4v) is 6.21. The summed E-state index contributed by atoms with van der Waals surface area (Å²) < 4.78 is 1.49. The maximum atomic E-state index is 12.6. The standard InChI is InChI=1S/C25H33N7O2/c26-11-18-19-12-30(13-20(18)19)9-6-16-1-3-17(4-2-16)32-10-7-22(29-24(32)34)28-23(33)31-14-25(15-31)8-5-21(25)27/h1-4,7,10,18-21H,5-6,8-9,11-15,26-27H2,(H,28,29,33,34)/t18?,19-,20+,21?. The number of nitrogens with one attached hydrogen (secondary N) is 1. The Hall–Kier alpha value is -2.75. The molecule has 1 aromatic heterocycles. The van der Waals surface area contributed by atoms with Crippen LogP contribution >= 0.6 is 0 Å². The first kappa shape index (κ1) is 21.8. The van der Waals surface area contributed by atoms with Gasteiger partial charge in [-0.05, 0) is 67.3 Å². The van der Waals surface area contributed by atoms with Crippen molar-refractivity contribution in [3.8, 4) is 5.69 Å². The highest BCUT2D eigenvalue weighted by molar-refractivity contribution is 5.89. The van der Waals surface area contributed by atoms with Crippen molar-refractivity contribution in [3.63, 3.8) is 0 Å². The van der Waals surface area contributed by atoms with Crippen LogP contribution in [-0.4, -0.2) is 70.7 Å². The summed E-state index contributed by atoms with van der Waals surface area (Å²) >= 11 is 0. The molecule has 4 atom stereocenters. The number of nitrogens with two attached hydrogens (primary N) is 2. The summed E-state index contributed by atoms with van der Waals surface area (Å²) in [6.07, 6.45) is 4.77. The SMILES string of the molecule is NCC1[C@H]2CN(CCc3ccc(-n4ccc(NC(=O)N5CC6(CCC6N)C5)nc4=O)cc3)C[C@@H]12. The highest BCUT2D eigenvalue weighted by Gasteiger charge is 2.55. The summed E-state index contributed by atoms with van der Waals surface area (Å²) in [5, 5.41) is 2.74. The zero-order valence-corrected chi connectivity index (χ0v) is 19.4. The molecule has 9 nitrogen and oxygen atoms in total. The number of anilines is 1. The van der Waals surface area contributed by atoms with E-state index < -0.39 is 5.69 Å². The van der Waals surface area contributed by atoms with Crippen LogP contribution in [0.15, 0.2) is 41.3 Å². The van der Waals surface area contributed by atoms with Crippen molar-refractivity contribution in [1.82, 2.24) is 19.4 Å². The first-order valence-electron chi connectivity index (χ1n) is 12.4. The van der Waals surface area contributed by atoms with Crippen LogP contribution in [0.3, 0.4) is 0 Å². The quantitative estimate of drug-likeness (QED) is 0.584. The number of fused-ring (bicyclic) bond motifs is 1. The fourth-order valence-electron chi connectivity index (χ4n) is 6.21. The van der Waals surface area contributed by atoms with E-state index in [9.17, 15) is 9.59 Å². The minimum atomic E-state index is -0.419. The number of benzene rings is 1. The van der Waals surface area contributed by atoms with Crippen molar-refractivity contribution in [2.45, 2.75) is 25.3 Å². The van der Waals surface area contributed by atoms with Gasteiger partial charge >= 0.3 is 11.7 Å². The molecule has 9 heteroatoms. The monoisotopic (exact) mass is 463 g/mol. The molecule has 2 saturated heterocycles. The zero-order valence-electron chi connectivity index (χ0n) is 19.4. The second-order valence-electron chi connectivity index (χ2n) is 10.7. The van der Waals surface area contributed by atoms with Crippen LogP contribution in [0.25, 0.3) is 5.69 Å². The van der Waals surface area contributed by atoms with Crippen molar-refractivity contribution < 1.29 is 4.79 Å². The number of aromatic nitrogens is 2. The van der Waals surface area contributed by atoms with Gasteiger partial charge in [0.25, 0.3) is 0 Å². The van der Waals surface area contributed by atoms with Crippen molar-refractivity contribution in [2.24, 2.45) is 34.6 Å². The number of amides is 2. The average molecular weight is 464 g/mol. The van der Waals surface area contributed by atoms with Gasteiger partial charge in [0.15, 0.2) is 0 Å². The van der Waals surface area contributed by atoms with Gasteiger partial charge < -0.3 is 21.3 Å². The van der Waals surface area contributed by atoms with Crippen LogP contribution in [-0.2, 0) is 6.42 Å². The minimum absolute atomic E-state index is 0.114. The van der Waals surface area contributed by atoms with Gasteiger partial charge in [0.2, 0.25) is 0 Å². The molecule has 2 aliphatic heterocycles. The van der Waals surface area contributed by atoms with Crippen molar-refractivity contribution in [3.05, 3.63) is 52.6 Å². The molecular weight excluding hydrogens is 430 g/mol. The number of hydrogen-bond acceptors (Lipinski definition) is 6. The molecule has 0 radical (unpaired) electrons. The van der Waals surface area contributed by atoms with E-state index in [0.717, 1.165) is 55.8 Å². The van der Waals surface area contributed by atoms with Gasteiger partial charge in [0.1, 0.15) is 5.82 Å². The minimum Gasteiger partial charge on any atom is -0.330 e. The third kappa shape index (κ3) is 3.72. The number of nitrogens with zero attached hydrogens (tertiary/aromatic N) is 4. The van der Waals surface area contributed by atoms with Crippen LogP contribution in [0.1, 0.15) is 18.4 Å². The maximum absolute atomic E-state index is 12.6. The van der Waals surface area contributed by atoms with Gasteiger partial charge in [-0.15, -0.1) is 0 Å². The van der Waals surface area contributed by atoms with Gasteiger partial charge in [-0.1, -0.05) is 12.1 Å². The Morgan fingerprint density at radius 3 is 2.47 bits per heavy atom. The third-order valence-corrected chi connectivity index (χ3v) is 8.73. The van der Waals surface area contributed by atoms with Crippen LogP contribution in [0.5, 0.6) is 0 Å². The molecule has 5 N–H and O–H groups in total. The maximum Gasteiger partial charge on any atom is 0.354 e. The summed E-state index contributed by atoms with van der Waals surface area (Å²) in [5.41, 5.74) is 13.6. The largest absolute Gasteiger partial charge is 0.354 e. The van der Waals surface area contributed by atoms with Crippen LogP contribution in [0.2, 0.25) is 0 Å². The van der Waals surface area contributed by atoms with Crippen molar-refractivity contribution in [2.75, 3.05) is 44.6 Å². The molecule has 2 saturated carbocycles. The lowest BCUT2D eigenvalue weighted by molar-refractivity contribution is -0.0492. The molecule has 2 aliphatic carbocycles. The fraction of sp³-hybridized carbons (Fsp3) is 0.560. The molecule has 2 aromatic rings. The molecule has 1 aromatic carbocycles. The Bertz CT molecular complexity index is 1130. The number of piperidine rings is 1. The van der Waals surface area contributed by atoms with Gasteiger partial charge in [-0.2, -0.15) is 4.98 Å². The lowest BCUT2D eigenvalue weighted by atomic mass is 9.60. The summed E-state index contributed by atoms with van der Waals surface area (Å²) in [4.78, 5) is 33.4. The molecule has 2 amide bonds. The first-order valence-corrected chi connectivity index (χ1v) is 12.4. The van der Waals surface area contributed by atoms with Crippen LogP contribution in [0, 0.1) is 23.2 Å². The molecule has 6 rings (SSSR count). The van der Waals surface area contributed by atoms with Crippen LogP contribution < -0.4 is 22.5 Å². The summed E-state index contributed by atoms with van der Waals surface area (Å²) in [6.45, 7) is 5.61. The highest BCUT2D eigenvalue weighted by Crippen LogP contribution is 2.50. The molecule has 0 bridgehead atoms. The van der Waals surface area contributed by atoms with Gasteiger partial charge in [-0.3, -0.25) is 9.88 Å². The Balaban J connectivity index is 1.02. The van der Waals surface area contributed by atoms with E-state index in [1.807, 2.05) is 12.1 Å². The summed E-state index contributed by atoms with van der Waals surface area (Å²) in [7, 11) is 0. The smallest absolute Gasteiger partial charge is 0.330 e. The topological polar surface area (TPSA) is 123 Å². The first-order chi connectivity index (χ1) is 16.5. The van der Waals surface area contributed by atoms with Gasteiger partial charge in [0.05, 0.1) is 5.69 Å². The molecule has 34 heavy (non-hydrogen) atoms. The van der Waals surface area contributed by atoms with E-state index in [1.165, 1.54) is 23.2 Å². The zero-order chi connectivity index (χ0) is 23.4. The predicted molar refractivity (Wildman–Crippen MR) is 130 cm³/mol. The van der Waals surface area contributed by atoms with E-state index >= 15 is 0 Å². The highest BCUT2D eigenvalue weighted by atomic mass is 16.2. The molecule has 3 heterocycles. The number of carbonyl (C=O) groups is 1. The molecular formula is C25H33N7O2. The molecule has 180 valence electrons. The van der Waals surface area contributed by atoms with E-state index in [2.05, 4.69) is 27.3 Å². The lowest BCUT2D eigenvalue weighted by Crippen LogP contribution is -2.70. The van der Waals surface area contributed by atoms with Crippen LogP contribution in [0.4, 0.5) is 10.6 Å². The summed E-state index contributed by atoms with van der Waals surface area (Å²) in [5.74, 6) is 2.67. The Morgan fingerprint density at radius 2 is 1.88 bits per heavy atom. The summed E-state index contributed by atoms with van der Waals surface area (Å²) in [6, 6.07) is 9.66. The number of hydrogen-bond donors (Lipinski definition) is 3. The Labute approximate surface area is 199 Å². The van der Waals surface area contributed by atoms with E-state index in [1.54, 1.807) is 17.2 Å². The average Bonchev–Trinajstić information content (AvgIpc) is 3.27. The third-order valence-electron chi connectivity index (χ3n) is 8.73. The predicted octanol–water partition coefficient (Wildman–Crippen LogP) is 0.867. The molecule has 4 aliphatic rings. The molecule has 2 unspecified atom stereocenters. The Morgan fingerprint density at radius 1 is 1.15 bits per heavy atom.